The molecule has 0 amide bonds. The van der Waals surface area contributed by atoms with Gasteiger partial charge in [0.05, 0.1) is 6.61 Å². The number of aromatic nitrogens is 3. The van der Waals surface area contributed by atoms with E-state index in [-0.39, 0.29) is 4.91 Å². The van der Waals surface area contributed by atoms with E-state index in [1.165, 1.54) is 0 Å². The second kappa shape index (κ2) is 9.43. The van der Waals surface area contributed by atoms with Crippen molar-refractivity contribution in [2.45, 2.75) is 18.5 Å². The van der Waals surface area contributed by atoms with E-state index < -0.39 is 5.97 Å². The van der Waals surface area contributed by atoms with Gasteiger partial charge in [-0.05, 0) is 66.2 Å². The van der Waals surface area contributed by atoms with Crippen molar-refractivity contribution in [3.05, 3.63) is 64.0 Å². The van der Waals surface area contributed by atoms with Crippen LogP contribution in [0.15, 0.2) is 58.6 Å². The highest BCUT2D eigenvalue weighted by atomic mass is 35.5. The van der Waals surface area contributed by atoms with Crippen molar-refractivity contribution in [3.63, 3.8) is 0 Å². The molecule has 0 saturated carbocycles. The molecule has 0 aliphatic rings. The van der Waals surface area contributed by atoms with Crippen LogP contribution >= 0.6 is 23.4 Å². The summed E-state index contributed by atoms with van der Waals surface area (Å²) >= 11 is 6.87. The molecule has 3 rings (SSSR count). The van der Waals surface area contributed by atoms with Gasteiger partial charge in [-0.25, -0.2) is 9.78 Å². The average Bonchev–Trinajstić information content (AvgIpc) is 3.16. The van der Waals surface area contributed by atoms with Gasteiger partial charge in [0, 0.05) is 10.6 Å². The molecule has 0 atom stereocenters. The number of hydrogen-bond acceptors (Lipinski definition) is 5. The van der Waals surface area contributed by atoms with Gasteiger partial charge in [-0.2, -0.15) is 0 Å². The third kappa shape index (κ3) is 5.37. The van der Waals surface area contributed by atoms with Crippen molar-refractivity contribution in [1.82, 2.24) is 15.2 Å². The van der Waals surface area contributed by atoms with Gasteiger partial charge in [0.2, 0.25) is 5.16 Å². The topological polar surface area (TPSA) is 88.1 Å². The minimum atomic E-state index is -1.05. The van der Waals surface area contributed by atoms with Crippen molar-refractivity contribution in [1.29, 1.82) is 0 Å². The molecule has 0 unspecified atom stereocenters. The first-order valence-electron chi connectivity index (χ1n) is 8.59. The molecule has 2 N–H and O–H groups in total. The highest BCUT2D eigenvalue weighted by Gasteiger charge is 2.14. The van der Waals surface area contributed by atoms with Crippen LogP contribution in [0.1, 0.15) is 18.9 Å². The van der Waals surface area contributed by atoms with E-state index in [4.69, 9.17) is 16.3 Å². The Labute approximate surface area is 171 Å². The summed E-state index contributed by atoms with van der Waals surface area (Å²) in [5, 5.41) is 17.4. The molecule has 0 aliphatic carbocycles. The third-order valence-corrected chi connectivity index (χ3v) is 4.77. The lowest BCUT2D eigenvalue weighted by atomic mass is 10.2. The smallest absolute Gasteiger partial charge is 0.342 e. The zero-order chi connectivity index (χ0) is 19.9. The van der Waals surface area contributed by atoms with Crippen LogP contribution in [-0.2, 0) is 4.79 Å². The Bertz CT molecular complexity index is 969. The molecule has 3 aromatic rings. The van der Waals surface area contributed by atoms with Gasteiger partial charge in [0.15, 0.2) is 5.82 Å². The van der Waals surface area contributed by atoms with Crippen LogP contribution in [0.2, 0.25) is 5.02 Å². The van der Waals surface area contributed by atoms with Gasteiger partial charge in [0.1, 0.15) is 10.7 Å². The third-order valence-electron chi connectivity index (χ3n) is 3.65. The number of aliphatic carboxylic acids is 1. The van der Waals surface area contributed by atoms with Crippen molar-refractivity contribution in [2.75, 3.05) is 6.61 Å². The summed E-state index contributed by atoms with van der Waals surface area (Å²) < 4.78 is 5.54. The first-order chi connectivity index (χ1) is 13.5. The fourth-order valence-electron chi connectivity index (χ4n) is 2.29. The number of H-pyrrole nitrogens is 1. The Morgan fingerprint density at radius 3 is 2.57 bits per heavy atom. The molecule has 0 aliphatic heterocycles. The lowest BCUT2D eigenvalue weighted by molar-refractivity contribution is -0.131. The quantitative estimate of drug-likeness (QED) is 0.391. The van der Waals surface area contributed by atoms with Crippen LogP contribution < -0.4 is 4.74 Å². The largest absolute Gasteiger partial charge is 0.494 e. The summed E-state index contributed by atoms with van der Waals surface area (Å²) in [6.45, 7) is 2.68. The summed E-state index contributed by atoms with van der Waals surface area (Å²) in [6, 6.07) is 14.4. The first kappa shape index (κ1) is 20.0. The minimum Gasteiger partial charge on any atom is -0.494 e. The number of carboxylic acids is 1. The van der Waals surface area contributed by atoms with E-state index >= 15 is 0 Å². The fourth-order valence-corrected chi connectivity index (χ4v) is 3.13. The summed E-state index contributed by atoms with van der Waals surface area (Å²) in [7, 11) is 0. The number of hydrogen-bond donors (Lipinski definition) is 2. The minimum absolute atomic E-state index is 0.115. The molecule has 6 nitrogen and oxygen atoms in total. The Kier molecular flexibility index (Phi) is 6.73. The number of nitrogens with one attached hydrogen (secondary N) is 1. The molecule has 2 aromatic carbocycles. The number of carbonyl (C=O) groups is 1. The Balaban J connectivity index is 1.75. The number of thioether (sulfide) groups is 1. The maximum atomic E-state index is 11.6. The van der Waals surface area contributed by atoms with Crippen LogP contribution in [0, 0.1) is 0 Å². The SMILES string of the molecule is CCCOc1ccc(/C=C(/Sc2n[nH]c(-c3ccc(Cl)cc3)n2)C(=O)O)cc1. The van der Waals surface area contributed by atoms with E-state index in [0.717, 1.165) is 35.1 Å². The molecule has 1 heterocycles. The lowest BCUT2D eigenvalue weighted by Gasteiger charge is -2.04. The van der Waals surface area contributed by atoms with Crippen molar-refractivity contribution >= 4 is 35.4 Å². The predicted molar refractivity (Wildman–Crippen MR) is 111 cm³/mol. The maximum absolute atomic E-state index is 11.6. The Morgan fingerprint density at radius 2 is 1.93 bits per heavy atom. The van der Waals surface area contributed by atoms with Gasteiger partial charge >= 0.3 is 5.97 Å². The molecule has 0 fully saturated rings. The summed E-state index contributed by atoms with van der Waals surface area (Å²) in [4.78, 5) is 16.1. The second-order valence-electron chi connectivity index (χ2n) is 5.81. The molecule has 144 valence electrons. The van der Waals surface area contributed by atoms with Crippen LogP contribution in [0.5, 0.6) is 5.75 Å². The highest BCUT2D eigenvalue weighted by Crippen LogP contribution is 2.28. The van der Waals surface area contributed by atoms with Gasteiger partial charge in [-0.1, -0.05) is 30.7 Å². The molecule has 8 heteroatoms. The van der Waals surface area contributed by atoms with Gasteiger partial charge in [-0.3, -0.25) is 5.10 Å². The Hall–Kier alpha value is -2.77. The molecule has 28 heavy (non-hydrogen) atoms. The molecule has 1 aromatic heterocycles. The van der Waals surface area contributed by atoms with Crippen LogP contribution in [0.25, 0.3) is 17.5 Å². The number of ether oxygens (including phenoxy) is 1. The molecule has 0 radical (unpaired) electrons. The van der Waals surface area contributed by atoms with Crippen molar-refractivity contribution in [3.8, 4) is 17.1 Å². The average molecular weight is 416 g/mol. The number of rotatable bonds is 8. The maximum Gasteiger partial charge on any atom is 0.342 e. The van der Waals surface area contributed by atoms with E-state index in [0.29, 0.717) is 22.6 Å². The number of carboxylic acid groups (broad SMARTS) is 1. The number of nitrogens with zero attached hydrogens (tertiary/aromatic N) is 2. The molecule has 0 bridgehead atoms. The van der Waals surface area contributed by atoms with E-state index in [1.807, 2.05) is 43.3 Å². The Morgan fingerprint density at radius 1 is 1.21 bits per heavy atom. The van der Waals surface area contributed by atoms with Crippen LogP contribution in [-0.4, -0.2) is 32.9 Å². The molecular formula is C20H18ClN3O3S. The monoisotopic (exact) mass is 415 g/mol. The summed E-state index contributed by atoms with van der Waals surface area (Å²) in [5.41, 5.74) is 1.56. The van der Waals surface area contributed by atoms with Gasteiger partial charge in [-0.15, -0.1) is 5.10 Å². The van der Waals surface area contributed by atoms with E-state index in [1.54, 1.807) is 18.2 Å². The number of halogens is 1. The standard InChI is InChI=1S/C20H18ClN3O3S/c1-2-11-27-16-9-3-13(4-10-16)12-17(19(25)26)28-20-22-18(23-24-20)14-5-7-15(21)8-6-14/h3-10,12H,2,11H2,1H3,(H,25,26)(H,22,23,24)/b17-12+. The van der Waals surface area contributed by atoms with Gasteiger partial charge < -0.3 is 9.84 Å². The molecular weight excluding hydrogens is 398 g/mol. The zero-order valence-electron chi connectivity index (χ0n) is 15.1. The van der Waals surface area contributed by atoms with E-state index in [9.17, 15) is 9.90 Å². The summed E-state index contributed by atoms with van der Waals surface area (Å²) in [6.07, 6.45) is 2.51. The lowest BCUT2D eigenvalue weighted by Crippen LogP contribution is -1.97. The second-order valence-corrected chi connectivity index (χ2v) is 7.25. The summed E-state index contributed by atoms with van der Waals surface area (Å²) in [5.74, 6) is 0.251. The number of benzene rings is 2. The van der Waals surface area contributed by atoms with Crippen molar-refractivity contribution < 1.29 is 14.6 Å². The van der Waals surface area contributed by atoms with E-state index in [2.05, 4.69) is 15.2 Å². The first-order valence-corrected chi connectivity index (χ1v) is 9.78. The van der Waals surface area contributed by atoms with Gasteiger partial charge in [0.25, 0.3) is 0 Å². The molecule has 0 saturated heterocycles. The predicted octanol–water partition coefficient (Wildman–Crippen LogP) is 5.13. The fraction of sp³-hybridized carbons (Fsp3) is 0.150. The van der Waals surface area contributed by atoms with Crippen LogP contribution in [0.4, 0.5) is 0 Å². The normalized spacial score (nSPS) is 11.4. The molecule has 0 spiro atoms. The number of aromatic amines is 1. The van der Waals surface area contributed by atoms with Crippen molar-refractivity contribution in [2.24, 2.45) is 0 Å². The zero-order valence-corrected chi connectivity index (χ0v) is 16.6. The van der Waals surface area contributed by atoms with Crippen LogP contribution in [0.3, 0.4) is 0 Å². The highest BCUT2D eigenvalue weighted by molar-refractivity contribution is 8.04.